The first-order valence-corrected chi connectivity index (χ1v) is 6.70. The van der Waals surface area contributed by atoms with E-state index in [4.69, 9.17) is 10.3 Å². The normalized spacial score (nSPS) is 10.7. The molecule has 3 rings (SSSR count). The molecule has 0 aliphatic rings. The van der Waals surface area contributed by atoms with Crippen LogP contribution in [0.5, 0.6) is 5.75 Å². The number of phenols is 1. The van der Waals surface area contributed by atoms with Gasteiger partial charge in [-0.15, -0.1) is 0 Å². The molecule has 5 nitrogen and oxygen atoms in total. The van der Waals surface area contributed by atoms with Crippen molar-refractivity contribution in [1.82, 2.24) is 10.1 Å². The summed E-state index contributed by atoms with van der Waals surface area (Å²) in [5.41, 5.74) is 8.49. The predicted octanol–water partition coefficient (Wildman–Crippen LogP) is 3.25. The van der Waals surface area contributed by atoms with E-state index in [1.54, 1.807) is 18.2 Å². The van der Waals surface area contributed by atoms with E-state index in [1.165, 1.54) is 5.56 Å². The fourth-order valence-corrected chi connectivity index (χ4v) is 2.07. The minimum atomic E-state index is -0.0472. The summed E-state index contributed by atoms with van der Waals surface area (Å²) in [5.74, 6) is 0.679. The number of nitrogens with zero attached hydrogens (tertiary/aromatic N) is 2. The zero-order valence-electron chi connectivity index (χ0n) is 11.6. The first-order valence-electron chi connectivity index (χ1n) is 6.70. The number of rotatable bonds is 3. The summed E-state index contributed by atoms with van der Waals surface area (Å²) >= 11 is 0. The lowest BCUT2D eigenvalue weighted by atomic mass is 10.1. The van der Waals surface area contributed by atoms with Crippen LogP contribution in [0, 0.1) is 0 Å². The molecule has 0 unspecified atom stereocenters. The van der Waals surface area contributed by atoms with Gasteiger partial charge in [0, 0.05) is 5.56 Å². The molecule has 0 bridgehead atoms. The summed E-state index contributed by atoms with van der Waals surface area (Å²) in [4.78, 5) is 4.31. The molecule has 0 atom stereocenters. The van der Waals surface area contributed by atoms with Gasteiger partial charge in [0.15, 0.2) is 5.75 Å². The van der Waals surface area contributed by atoms with Crippen LogP contribution >= 0.6 is 0 Å². The molecule has 0 amide bonds. The van der Waals surface area contributed by atoms with Crippen molar-refractivity contribution < 1.29 is 9.63 Å². The number of anilines is 1. The summed E-state index contributed by atoms with van der Waals surface area (Å²) in [6.07, 6.45) is 0.981. The second-order valence-corrected chi connectivity index (χ2v) is 4.72. The van der Waals surface area contributed by atoms with Crippen molar-refractivity contribution in [3.63, 3.8) is 0 Å². The Hall–Kier alpha value is -2.82. The lowest BCUT2D eigenvalue weighted by Crippen LogP contribution is -1.88. The zero-order chi connectivity index (χ0) is 14.8. The Kier molecular flexibility index (Phi) is 3.31. The van der Waals surface area contributed by atoms with Gasteiger partial charge in [-0.25, -0.2) is 0 Å². The van der Waals surface area contributed by atoms with E-state index in [1.807, 2.05) is 24.3 Å². The maximum Gasteiger partial charge on any atom is 0.262 e. The highest BCUT2D eigenvalue weighted by Gasteiger charge is 2.15. The number of phenolic OH excluding ortho intramolecular Hbond substituents is 1. The van der Waals surface area contributed by atoms with Crippen molar-refractivity contribution in [1.29, 1.82) is 0 Å². The Morgan fingerprint density at radius 3 is 2.62 bits per heavy atom. The highest BCUT2D eigenvalue weighted by Crippen LogP contribution is 2.33. The van der Waals surface area contributed by atoms with Crippen LogP contribution in [0.4, 0.5) is 5.69 Å². The molecular weight excluding hydrogens is 266 g/mol. The van der Waals surface area contributed by atoms with Crippen molar-refractivity contribution in [2.45, 2.75) is 13.3 Å². The number of nitrogens with two attached hydrogens (primary N) is 1. The standard InChI is InChI=1S/C16H15N3O2/c1-2-10-6-8-11(9-7-10)15-18-16(21-19-15)12-4-3-5-13(17)14(12)20/h3-9,20H,2,17H2,1H3. The van der Waals surface area contributed by atoms with Crippen LogP contribution in [0.25, 0.3) is 22.8 Å². The molecule has 0 radical (unpaired) electrons. The second kappa shape index (κ2) is 5.28. The van der Waals surface area contributed by atoms with Gasteiger partial charge in [-0.05, 0) is 24.1 Å². The third kappa shape index (κ3) is 2.45. The van der Waals surface area contributed by atoms with Crippen LogP contribution < -0.4 is 5.73 Å². The molecule has 3 aromatic rings. The van der Waals surface area contributed by atoms with Crippen LogP contribution in [-0.4, -0.2) is 15.2 Å². The van der Waals surface area contributed by atoms with E-state index < -0.39 is 0 Å². The Bertz CT molecular complexity index is 763. The number of aromatic nitrogens is 2. The molecule has 0 spiro atoms. The number of aryl methyl sites for hydroxylation is 1. The van der Waals surface area contributed by atoms with Crippen molar-refractivity contribution in [2.24, 2.45) is 0 Å². The van der Waals surface area contributed by atoms with Gasteiger partial charge in [0.25, 0.3) is 5.89 Å². The van der Waals surface area contributed by atoms with E-state index in [0.29, 0.717) is 11.4 Å². The largest absolute Gasteiger partial charge is 0.505 e. The lowest BCUT2D eigenvalue weighted by Gasteiger charge is -2.01. The Balaban J connectivity index is 1.97. The van der Waals surface area contributed by atoms with E-state index in [-0.39, 0.29) is 17.3 Å². The molecule has 5 heteroatoms. The van der Waals surface area contributed by atoms with Crippen molar-refractivity contribution in [3.8, 4) is 28.6 Å². The molecule has 0 aliphatic heterocycles. The number of para-hydroxylation sites is 1. The summed E-state index contributed by atoms with van der Waals surface area (Å²) in [5, 5.41) is 13.9. The van der Waals surface area contributed by atoms with E-state index >= 15 is 0 Å². The number of benzene rings is 2. The zero-order valence-corrected chi connectivity index (χ0v) is 11.6. The van der Waals surface area contributed by atoms with Crippen molar-refractivity contribution >= 4 is 5.69 Å². The third-order valence-corrected chi connectivity index (χ3v) is 3.34. The van der Waals surface area contributed by atoms with E-state index in [9.17, 15) is 5.11 Å². The second-order valence-electron chi connectivity index (χ2n) is 4.72. The van der Waals surface area contributed by atoms with Crippen molar-refractivity contribution in [2.75, 3.05) is 5.73 Å². The number of hydrogen-bond donors (Lipinski definition) is 2. The number of nitrogen functional groups attached to an aromatic ring is 1. The highest BCUT2D eigenvalue weighted by molar-refractivity contribution is 5.72. The number of aromatic hydroxyl groups is 1. The summed E-state index contributed by atoms with van der Waals surface area (Å²) in [7, 11) is 0. The van der Waals surface area contributed by atoms with Gasteiger partial charge in [-0.3, -0.25) is 0 Å². The molecule has 0 saturated heterocycles. The van der Waals surface area contributed by atoms with Gasteiger partial charge < -0.3 is 15.4 Å². The predicted molar refractivity (Wildman–Crippen MR) is 80.6 cm³/mol. The molecule has 0 fully saturated rings. The fourth-order valence-electron chi connectivity index (χ4n) is 2.07. The summed E-state index contributed by atoms with van der Waals surface area (Å²) in [6.45, 7) is 2.10. The van der Waals surface area contributed by atoms with E-state index in [0.717, 1.165) is 12.0 Å². The molecule has 106 valence electrons. The molecule has 21 heavy (non-hydrogen) atoms. The van der Waals surface area contributed by atoms with Crippen LogP contribution in [0.1, 0.15) is 12.5 Å². The van der Waals surface area contributed by atoms with Crippen LogP contribution in [0.2, 0.25) is 0 Å². The number of hydrogen-bond acceptors (Lipinski definition) is 5. The minimum Gasteiger partial charge on any atom is -0.505 e. The average Bonchev–Trinajstić information content (AvgIpc) is 3.00. The maximum absolute atomic E-state index is 9.95. The van der Waals surface area contributed by atoms with Crippen LogP contribution in [0.3, 0.4) is 0 Å². The van der Waals surface area contributed by atoms with E-state index in [2.05, 4.69) is 17.1 Å². The Labute approximate surface area is 122 Å². The Morgan fingerprint density at radius 1 is 1.14 bits per heavy atom. The third-order valence-electron chi connectivity index (χ3n) is 3.34. The maximum atomic E-state index is 9.95. The molecule has 3 N–H and O–H groups in total. The van der Waals surface area contributed by atoms with Crippen molar-refractivity contribution in [3.05, 3.63) is 48.0 Å². The monoisotopic (exact) mass is 281 g/mol. The van der Waals surface area contributed by atoms with Gasteiger partial charge in [0.05, 0.1) is 11.3 Å². The van der Waals surface area contributed by atoms with Gasteiger partial charge in [-0.2, -0.15) is 4.98 Å². The average molecular weight is 281 g/mol. The van der Waals surface area contributed by atoms with Gasteiger partial charge in [0.2, 0.25) is 5.82 Å². The molecule has 1 heterocycles. The first kappa shape index (κ1) is 13.2. The van der Waals surface area contributed by atoms with Crippen LogP contribution in [0.15, 0.2) is 47.0 Å². The lowest BCUT2D eigenvalue weighted by molar-refractivity contribution is 0.426. The van der Waals surface area contributed by atoms with Gasteiger partial charge in [-0.1, -0.05) is 42.4 Å². The molecular formula is C16H15N3O2. The highest BCUT2D eigenvalue weighted by atomic mass is 16.5. The van der Waals surface area contributed by atoms with Crippen LogP contribution in [-0.2, 0) is 6.42 Å². The minimum absolute atomic E-state index is 0.0472. The molecule has 1 aromatic heterocycles. The molecule has 0 aliphatic carbocycles. The SMILES string of the molecule is CCc1ccc(-c2noc(-c3cccc(N)c3O)n2)cc1. The fraction of sp³-hybridized carbons (Fsp3) is 0.125. The smallest absolute Gasteiger partial charge is 0.262 e. The summed E-state index contributed by atoms with van der Waals surface area (Å²) in [6, 6.07) is 13.0. The van der Waals surface area contributed by atoms with Gasteiger partial charge >= 0.3 is 0 Å². The molecule has 2 aromatic carbocycles. The Morgan fingerprint density at radius 2 is 1.90 bits per heavy atom. The topological polar surface area (TPSA) is 85.2 Å². The van der Waals surface area contributed by atoms with Gasteiger partial charge in [0.1, 0.15) is 0 Å². The quantitative estimate of drug-likeness (QED) is 0.568. The first-order chi connectivity index (χ1) is 10.2. The molecule has 0 saturated carbocycles. The summed E-state index contributed by atoms with van der Waals surface area (Å²) < 4.78 is 5.22.